The summed E-state index contributed by atoms with van der Waals surface area (Å²) in [6, 6.07) is 8.24. The number of hydrogen-bond donors (Lipinski definition) is 1. The van der Waals surface area contributed by atoms with Crippen LogP contribution in [0.25, 0.3) is 10.9 Å². The number of rotatable bonds is 6. The van der Waals surface area contributed by atoms with Gasteiger partial charge in [0.15, 0.2) is 0 Å². The molecule has 0 radical (unpaired) electrons. The summed E-state index contributed by atoms with van der Waals surface area (Å²) in [5, 5.41) is 1.15. The highest BCUT2D eigenvalue weighted by Gasteiger charge is 2.26. The van der Waals surface area contributed by atoms with Gasteiger partial charge in [0, 0.05) is 24.7 Å². The molecule has 1 aliphatic carbocycles. The molecule has 0 unspecified atom stereocenters. The van der Waals surface area contributed by atoms with Crippen LogP contribution in [0.1, 0.15) is 31.7 Å². The van der Waals surface area contributed by atoms with E-state index in [1.54, 1.807) is 0 Å². The number of hydrogen-bond acceptors (Lipinski definition) is 3. The van der Waals surface area contributed by atoms with Gasteiger partial charge in [0.25, 0.3) is 0 Å². The highest BCUT2D eigenvalue weighted by Crippen LogP contribution is 2.35. The number of anilines is 1. The standard InChI is InChI=1S/C17H21N3S/c1-2-9-20(11-12-7-8-12)16-13-5-3-4-6-15(13)19-10-14(16)17(18)21/h3-6,10,12H,2,7-9,11H2,1H3,(H2,18,21). The van der Waals surface area contributed by atoms with Crippen molar-refractivity contribution < 1.29 is 0 Å². The highest BCUT2D eigenvalue weighted by atomic mass is 32.1. The zero-order valence-corrected chi connectivity index (χ0v) is 13.2. The summed E-state index contributed by atoms with van der Waals surface area (Å²) < 4.78 is 0. The molecule has 21 heavy (non-hydrogen) atoms. The molecule has 0 amide bonds. The largest absolute Gasteiger partial charge is 0.389 e. The molecule has 0 atom stereocenters. The lowest BCUT2D eigenvalue weighted by atomic mass is 10.1. The van der Waals surface area contributed by atoms with Crippen LogP contribution in [0, 0.1) is 5.92 Å². The van der Waals surface area contributed by atoms with Crippen molar-refractivity contribution in [2.75, 3.05) is 18.0 Å². The second kappa shape index (κ2) is 5.98. The Morgan fingerprint density at radius 2 is 2.14 bits per heavy atom. The predicted molar refractivity (Wildman–Crippen MR) is 92.9 cm³/mol. The molecule has 0 bridgehead atoms. The maximum absolute atomic E-state index is 5.95. The molecule has 0 aliphatic heterocycles. The number of para-hydroxylation sites is 1. The van der Waals surface area contributed by atoms with Crippen molar-refractivity contribution in [3.63, 3.8) is 0 Å². The summed E-state index contributed by atoms with van der Waals surface area (Å²) in [5.74, 6) is 0.822. The van der Waals surface area contributed by atoms with Gasteiger partial charge in [0.05, 0.1) is 16.8 Å². The molecular weight excluding hydrogens is 278 g/mol. The van der Waals surface area contributed by atoms with Crippen molar-refractivity contribution in [1.29, 1.82) is 0 Å². The Labute approximate surface area is 131 Å². The van der Waals surface area contributed by atoms with Crippen LogP contribution in [0.15, 0.2) is 30.5 Å². The molecule has 2 N–H and O–H groups in total. The van der Waals surface area contributed by atoms with Crippen LogP contribution < -0.4 is 10.6 Å². The first-order chi connectivity index (χ1) is 10.2. The van der Waals surface area contributed by atoms with Crippen LogP contribution in [0.3, 0.4) is 0 Å². The Kier molecular flexibility index (Phi) is 4.06. The summed E-state index contributed by atoms with van der Waals surface area (Å²) in [6.45, 7) is 4.33. The Bertz CT molecular complexity index is 664. The Balaban J connectivity index is 2.14. The van der Waals surface area contributed by atoms with Crippen molar-refractivity contribution >= 4 is 33.8 Å². The Hall–Kier alpha value is -1.68. The minimum atomic E-state index is 0.431. The number of fused-ring (bicyclic) bond motifs is 1. The van der Waals surface area contributed by atoms with Gasteiger partial charge in [-0.2, -0.15) is 0 Å². The first kappa shape index (κ1) is 14.3. The van der Waals surface area contributed by atoms with Crippen molar-refractivity contribution in [2.45, 2.75) is 26.2 Å². The van der Waals surface area contributed by atoms with Gasteiger partial charge < -0.3 is 10.6 Å². The maximum atomic E-state index is 5.95. The molecule has 1 fully saturated rings. The average molecular weight is 299 g/mol. The van der Waals surface area contributed by atoms with E-state index in [-0.39, 0.29) is 0 Å². The van der Waals surface area contributed by atoms with Crippen LogP contribution in [0.5, 0.6) is 0 Å². The minimum absolute atomic E-state index is 0.431. The fraction of sp³-hybridized carbons (Fsp3) is 0.412. The number of aromatic nitrogens is 1. The predicted octanol–water partition coefficient (Wildman–Crippen LogP) is 3.50. The van der Waals surface area contributed by atoms with Gasteiger partial charge in [-0.25, -0.2) is 0 Å². The lowest BCUT2D eigenvalue weighted by molar-refractivity contribution is 0.709. The van der Waals surface area contributed by atoms with E-state index in [4.69, 9.17) is 18.0 Å². The van der Waals surface area contributed by atoms with Gasteiger partial charge in [0.2, 0.25) is 0 Å². The van der Waals surface area contributed by atoms with Crippen LogP contribution in [0.2, 0.25) is 0 Å². The van der Waals surface area contributed by atoms with E-state index < -0.39 is 0 Å². The van der Waals surface area contributed by atoms with E-state index in [0.29, 0.717) is 4.99 Å². The Morgan fingerprint density at radius 3 is 2.81 bits per heavy atom. The second-order valence-corrected chi connectivity index (χ2v) is 6.23. The lowest BCUT2D eigenvalue weighted by Gasteiger charge is -2.28. The second-order valence-electron chi connectivity index (χ2n) is 5.79. The zero-order valence-electron chi connectivity index (χ0n) is 12.4. The van der Waals surface area contributed by atoms with Gasteiger partial charge in [-0.1, -0.05) is 37.3 Å². The third kappa shape index (κ3) is 3.00. The lowest BCUT2D eigenvalue weighted by Crippen LogP contribution is -2.29. The Morgan fingerprint density at radius 1 is 1.38 bits per heavy atom. The van der Waals surface area contributed by atoms with Gasteiger partial charge in [-0.05, 0) is 31.2 Å². The van der Waals surface area contributed by atoms with Crippen molar-refractivity contribution in [3.8, 4) is 0 Å². The average Bonchev–Trinajstić information content (AvgIpc) is 3.29. The zero-order chi connectivity index (χ0) is 14.8. The van der Waals surface area contributed by atoms with Crippen LogP contribution in [-0.4, -0.2) is 23.1 Å². The number of nitrogens with zero attached hydrogens (tertiary/aromatic N) is 2. The number of nitrogens with two attached hydrogens (primary N) is 1. The minimum Gasteiger partial charge on any atom is -0.389 e. The first-order valence-electron chi connectivity index (χ1n) is 7.63. The van der Waals surface area contributed by atoms with Crippen molar-refractivity contribution in [1.82, 2.24) is 4.98 Å². The fourth-order valence-corrected chi connectivity index (χ4v) is 2.97. The normalized spacial score (nSPS) is 14.3. The van der Waals surface area contributed by atoms with E-state index >= 15 is 0 Å². The molecular formula is C17H21N3S. The smallest absolute Gasteiger partial charge is 0.107 e. The summed E-state index contributed by atoms with van der Waals surface area (Å²) in [5.41, 5.74) is 9.02. The molecule has 4 heteroatoms. The summed E-state index contributed by atoms with van der Waals surface area (Å²) >= 11 is 5.26. The van der Waals surface area contributed by atoms with E-state index in [9.17, 15) is 0 Å². The maximum Gasteiger partial charge on any atom is 0.107 e. The monoisotopic (exact) mass is 299 g/mol. The molecule has 2 aromatic rings. The third-order valence-electron chi connectivity index (χ3n) is 4.00. The fourth-order valence-electron chi connectivity index (χ4n) is 2.82. The first-order valence-corrected chi connectivity index (χ1v) is 8.04. The van der Waals surface area contributed by atoms with Crippen LogP contribution in [-0.2, 0) is 0 Å². The molecule has 1 aromatic heterocycles. The molecule has 1 heterocycles. The quantitative estimate of drug-likeness (QED) is 0.829. The number of thiocarbonyl (C=S) groups is 1. The van der Waals surface area contributed by atoms with E-state index in [2.05, 4.69) is 28.9 Å². The van der Waals surface area contributed by atoms with E-state index in [1.165, 1.54) is 18.5 Å². The number of pyridine rings is 1. The number of benzene rings is 1. The van der Waals surface area contributed by atoms with E-state index in [1.807, 2.05) is 18.3 Å². The molecule has 0 saturated heterocycles. The molecule has 3 nitrogen and oxygen atoms in total. The van der Waals surface area contributed by atoms with Crippen molar-refractivity contribution in [3.05, 3.63) is 36.0 Å². The SMILES string of the molecule is CCCN(CC1CC1)c1c(C(N)=S)cnc2ccccc12. The molecule has 3 rings (SSSR count). The van der Waals surface area contributed by atoms with Crippen LogP contribution in [0.4, 0.5) is 5.69 Å². The highest BCUT2D eigenvalue weighted by molar-refractivity contribution is 7.80. The molecule has 1 aromatic carbocycles. The molecule has 110 valence electrons. The molecule has 0 spiro atoms. The summed E-state index contributed by atoms with van der Waals surface area (Å²) in [7, 11) is 0. The summed E-state index contributed by atoms with van der Waals surface area (Å²) in [4.78, 5) is 7.39. The van der Waals surface area contributed by atoms with Crippen LogP contribution >= 0.6 is 12.2 Å². The summed E-state index contributed by atoms with van der Waals surface area (Å²) in [6.07, 6.45) is 5.62. The topological polar surface area (TPSA) is 42.1 Å². The van der Waals surface area contributed by atoms with Gasteiger partial charge in [-0.3, -0.25) is 4.98 Å². The third-order valence-corrected chi connectivity index (χ3v) is 4.22. The van der Waals surface area contributed by atoms with E-state index in [0.717, 1.165) is 41.9 Å². The molecule has 1 saturated carbocycles. The van der Waals surface area contributed by atoms with Crippen molar-refractivity contribution in [2.24, 2.45) is 11.7 Å². The van der Waals surface area contributed by atoms with Gasteiger partial charge in [-0.15, -0.1) is 0 Å². The van der Waals surface area contributed by atoms with Gasteiger partial charge in [0.1, 0.15) is 4.99 Å². The van der Waals surface area contributed by atoms with Gasteiger partial charge >= 0.3 is 0 Å². The molecule has 1 aliphatic rings.